The van der Waals surface area contributed by atoms with Crippen molar-refractivity contribution in [2.75, 3.05) is 0 Å². The lowest BCUT2D eigenvalue weighted by atomic mass is 10.1. The van der Waals surface area contributed by atoms with Crippen molar-refractivity contribution in [3.05, 3.63) is 58.7 Å². The summed E-state index contributed by atoms with van der Waals surface area (Å²) >= 11 is 0. The molecule has 0 saturated heterocycles. The smallest absolute Gasteiger partial charge is 0.395 e. The second-order valence-corrected chi connectivity index (χ2v) is 5.34. The number of carbonyl (C=O) groups is 1. The Hall–Kier alpha value is -2.29. The van der Waals surface area contributed by atoms with E-state index in [-0.39, 0.29) is 0 Å². The third-order valence-electron chi connectivity index (χ3n) is 3.79. The van der Waals surface area contributed by atoms with Crippen LogP contribution in [0.25, 0.3) is 0 Å². The van der Waals surface area contributed by atoms with Crippen molar-refractivity contribution in [3.8, 4) is 11.5 Å². The maximum atomic E-state index is 11.9. The summed E-state index contributed by atoms with van der Waals surface area (Å²) in [4.78, 5) is 11.9. The molecule has 0 aliphatic carbocycles. The van der Waals surface area contributed by atoms with E-state index in [1.165, 1.54) is 11.1 Å². The molecule has 0 spiro atoms. The Balaban J connectivity index is 2.04. The normalized spacial score (nSPS) is 10.4. The molecule has 0 N–H and O–H groups in total. The second-order valence-electron chi connectivity index (χ2n) is 5.34. The third kappa shape index (κ3) is 3.88. The van der Waals surface area contributed by atoms with Crippen LogP contribution >= 0.6 is 0 Å². The third-order valence-corrected chi connectivity index (χ3v) is 3.79. The molecule has 0 aromatic heterocycles. The van der Waals surface area contributed by atoms with E-state index in [2.05, 4.69) is 13.8 Å². The van der Waals surface area contributed by atoms with Gasteiger partial charge in [0, 0.05) is 0 Å². The molecule has 0 radical (unpaired) electrons. The molecule has 0 aliphatic rings. The molecule has 0 amide bonds. The fourth-order valence-electron chi connectivity index (χ4n) is 2.47. The molecule has 0 fully saturated rings. The van der Waals surface area contributed by atoms with Crippen molar-refractivity contribution in [3.63, 3.8) is 0 Å². The first-order valence-corrected chi connectivity index (χ1v) is 7.62. The van der Waals surface area contributed by atoms with Gasteiger partial charge in [-0.05, 0) is 73.2 Å². The van der Waals surface area contributed by atoms with Crippen LogP contribution < -0.4 is 9.47 Å². The van der Waals surface area contributed by atoms with Crippen LogP contribution in [0.4, 0.5) is 4.79 Å². The highest BCUT2D eigenvalue weighted by Gasteiger charge is 2.10. The molecule has 3 heteroatoms. The lowest BCUT2D eigenvalue weighted by Crippen LogP contribution is -2.14. The molecular weight excluding hydrogens is 276 g/mol. The fourth-order valence-corrected chi connectivity index (χ4v) is 2.47. The maximum Gasteiger partial charge on any atom is 0.519 e. The SMILES string of the molecule is CCc1ccc(OC(=O)Oc2ccc(CC)c(C)c2)cc1C. The summed E-state index contributed by atoms with van der Waals surface area (Å²) in [6.07, 6.45) is 1.20. The molecule has 0 saturated carbocycles. The number of carbonyl (C=O) groups excluding carboxylic acids is 1. The Morgan fingerprint density at radius 3 is 1.55 bits per heavy atom. The summed E-state index contributed by atoms with van der Waals surface area (Å²) in [5, 5.41) is 0. The molecule has 2 aromatic carbocycles. The minimum absolute atomic E-state index is 0.501. The number of hydrogen-bond donors (Lipinski definition) is 0. The maximum absolute atomic E-state index is 11.9. The van der Waals surface area contributed by atoms with Gasteiger partial charge in [0.2, 0.25) is 0 Å². The number of rotatable bonds is 4. The van der Waals surface area contributed by atoms with Crippen molar-refractivity contribution in [2.45, 2.75) is 40.5 Å². The Bertz CT molecular complexity index is 617. The van der Waals surface area contributed by atoms with Crippen LogP contribution in [0, 0.1) is 13.8 Å². The van der Waals surface area contributed by atoms with Gasteiger partial charge >= 0.3 is 6.16 Å². The summed E-state index contributed by atoms with van der Waals surface area (Å²) in [6, 6.07) is 11.2. The van der Waals surface area contributed by atoms with Gasteiger partial charge in [-0.15, -0.1) is 0 Å². The van der Waals surface area contributed by atoms with Crippen molar-refractivity contribution < 1.29 is 14.3 Å². The standard InChI is InChI=1S/C19H22O3/c1-5-15-7-9-17(11-13(15)3)21-19(20)22-18-10-8-16(6-2)14(4)12-18/h7-12H,5-6H2,1-4H3. The van der Waals surface area contributed by atoms with Gasteiger partial charge in [0.15, 0.2) is 0 Å². The predicted molar refractivity (Wildman–Crippen MR) is 87.8 cm³/mol. The zero-order chi connectivity index (χ0) is 16.1. The molecule has 116 valence electrons. The number of benzene rings is 2. The van der Waals surface area contributed by atoms with Crippen LogP contribution in [0.15, 0.2) is 36.4 Å². The van der Waals surface area contributed by atoms with Crippen LogP contribution in [-0.2, 0) is 12.8 Å². The van der Waals surface area contributed by atoms with E-state index in [1.807, 2.05) is 38.1 Å². The average molecular weight is 298 g/mol. The van der Waals surface area contributed by atoms with Gasteiger partial charge in [0.25, 0.3) is 0 Å². The van der Waals surface area contributed by atoms with E-state index in [1.54, 1.807) is 12.1 Å². The van der Waals surface area contributed by atoms with E-state index < -0.39 is 6.16 Å². The molecule has 2 rings (SSSR count). The minimum Gasteiger partial charge on any atom is -0.395 e. The Labute approximate surface area is 131 Å². The summed E-state index contributed by atoms with van der Waals surface area (Å²) in [5.41, 5.74) is 4.70. The van der Waals surface area contributed by atoms with Gasteiger partial charge in [0.1, 0.15) is 11.5 Å². The molecule has 0 aliphatic heterocycles. The van der Waals surface area contributed by atoms with E-state index in [0.29, 0.717) is 11.5 Å². The Morgan fingerprint density at radius 2 is 1.23 bits per heavy atom. The van der Waals surface area contributed by atoms with Gasteiger partial charge in [-0.2, -0.15) is 0 Å². The predicted octanol–water partition coefficient (Wildman–Crippen LogP) is 5.01. The monoisotopic (exact) mass is 298 g/mol. The minimum atomic E-state index is -0.715. The topological polar surface area (TPSA) is 35.5 Å². The largest absolute Gasteiger partial charge is 0.519 e. The van der Waals surface area contributed by atoms with Crippen molar-refractivity contribution in [2.24, 2.45) is 0 Å². The van der Waals surface area contributed by atoms with Crippen molar-refractivity contribution in [1.29, 1.82) is 0 Å². The van der Waals surface area contributed by atoms with E-state index in [0.717, 1.165) is 24.0 Å². The second kappa shape index (κ2) is 7.12. The molecule has 3 nitrogen and oxygen atoms in total. The number of aryl methyl sites for hydroxylation is 4. The van der Waals surface area contributed by atoms with Crippen molar-refractivity contribution in [1.82, 2.24) is 0 Å². The highest BCUT2D eigenvalue weighted by Crippen LogP contribution is 2.21. The van der Waals surface area contributed by atoms with E-state index in [9.17, 15) is 4.79 Å². The lowest BCUT2D eigenvalue weighted by molar-refractivity contribution is 0.152. The van der Waals surface area contributed by atoms with E-state index in [4.69, 9.17) is 9.47 Å². The van der Waals surface area contributed by atoms with Crippen LogP contribution in [0.3, 0.4) is 0 Å². The van der Waals surface area contributed by atoms with Gasteiger partial charge < -0.3 is 9.47 Å². The lowest BCUT2D eigenvalue weighted by Gasteiger charge is -2.09. The summed E-state index contributed by atoms with van der Waals surface area (Å²) in [5.74, 6) is 1.00. The quantitative estimate of drug-likeness (QED) is 0.588. The number of ether oxygens (including phenoxy) is 2. The van der Waals surface area contributed by atoms with Crippen molar-refractivity contribution >= 4 is 6.16 Å². The zero-order valence-electron chi connectivity index (χ0n) is 13.6. The number of hydrogen-bond acceptors (Lipinski definition) is 3. The summed E-state index contributed by atoms with van der Waals surface area (Å²) < 4.78 is 10.5. The highest BCUT2D eigenvalue weighted by molar-refractivity contribution is 5.67. The molecule has 2 aromatic rings. The molecule has 0 bridgehead atoms. The Morgan fingerprint density at radius 1 is 0.818 bits per heavy atom. The summed E-state index contributed by atoms with van der Waals surface area (Å²) in [7, 11) is 0. The van der Waals surface area contributed by atoms with Crippen LogP contribution in [0.5, 0.6) is 11.5 Å². The molecular formula is C19H22O3. The molecule has 22 heavy (non-hydrogen) atoms. The first kappa shape index (κ1) is 16.1. The molecule has 0 heterocycles. The Kier molecular flexibility index (Phi) is 5.21. The van der Waals surface area contributed by atoms with Gasteiger partial charge in [0.05, 0.1) is 0 Å². The van der Waals surface area contributed by atoms with Crippen LogP contribution in [-0.4, -0.2) is 6.16 Å². The van der Waals surface area contributed by atoms with Gasteiger partial charge in [-0.3, -0.25) is 0 Å². The molecule has 0 unspecified atom stereocenters. The zero-order valence-corrected chi connectivity index (χ0v) is 13.6. The van der Waals surface area contributed by atoms with Gasteiger partial charge in [-0.1, -0.05) is 26.0 Å². The average Bonchev–Trinajstić information content (AvgIpc) is 2.47. The highest BCUT2D eigenvalue weighted by atomic mass is 16.7. The first-order chi connectivity index (χ1) is 10.5. The van der Waals surface area contributed by atoms with Crippen LogP contribution in [0.2, 0.25) is 0 Å². The van der Waals surface area contributed by atoms with Crippen LogP contribution in [0.1, 0.15) is 36.1 Å². The first-order valence-electron chi connectivity index (χ1n) is 7.62. The van der Waals surface area contributed by atoms with Gasteiger partial charge in [-0.25, -0.2) is 4.79 Å². The summed E-state index contributed by atoms with van der Waals surface area (Å²) in [6.45, 7) is 8.20. The molecule has 0 atom stereocenters. The van der Waals surface area contributed by atoms with E-state index >= 15 is 0 Å². The fraction of sp³-hybridized carbons (Fsp3) is 0.316.